The van der Waals surface area contributed by atoms with Crippen molar-refractivity contribution in [3.8, 4) is 11.4 Å². The lowest BCUT2D eigenvalue weighted by molar-refractivity contribution is -0.116. The van der Waals surface area contributed by atoms with Crippen molar-refractivity contribution in [2.24, 2.45) is 0 Å². The van der Waals surface area contributed by atoms with Crippen molar-refractivity contribution in [3.63, 3.8) is 0 Å². The number of halogens is 1. The molecule has 1 aromatic heterocycles. The third kappa shape index (κ3) is 4.07. The second-order valence-electron chi connectivity index (χ2n) is 6.47. The predicted octanol–water partition coefficient (Wildman–Crippen LogP) is 4.62. The van der Waals surface area contributed by atoms with Crippen molar-refractivity contribution in [2.45, 2.75) is 28.6 Å². The van der Waals surface area contributed by atoms with Gasteiger partial charge in [-0.3, -0.25) is 9.89 Å². The fourth-order valence-electron chi connectivity index (χ4n) is 3.03. The van der Waals surface area contributed by atoms with Crippen molar-refractivity contribution >= 4 is 35.1 Å². The summed E-state index contributed by atoms with van der Waals surface area (Å²) in [5.74, 6) is 0.240. The van der Waals surface area contributed by atoms with Crippen LogP contribution in [-0.4, -0.2) is 38.6 Å². The Morgan fingerprint density at radius 1 is 1.29 bits per heavy atom. The number of para-hydroxylation sites is 1. The Labute approximate surface area is 171 Å². The highest BCUT2D eigenvalue weighted by atomic mass is 32.2. The zero-order valence-electron chi connectivity index (χ0n) is 15.3. The van der Waals surface area contributed by atoms with Crippen LogP contribution in [0.1, 0.15) is 13.3 Å². The van der Waals surface area contributed by atoms with Gasteiger partial charge in [0.25, 0.3) is 0 Å². The van der Waals surface area contributed by atoms with Crippen LogP contribution in [-0.2, 0) is 4.79 Å². The first-order chi connectivity index (χ1) is 13.6. The lowest BCUT2D eigenvalue weighted by atomic mass is 10.2. The van der Waals surface area contributed by atoms with E-state index in [1.807, 2.05) is 23.1 Å². The highest BCUT2D eigenvalue weighted by Crippen LogP contribution is 2.37. The minimum Gasteiger partial charge on any atom is -0.311 e. The molecule has 3 aromatic rings. The highest BCUT2D eigenvalue weighted by molar-refractivity contribution is 8.00. The Balaban J connectivity index is 1.46. The predicted molar refractivity (Wildman–Crippen MR) is 111 cm³/mol. The Morgan fingerprint density at radius 2 is 2.07 bits per heavy atom. The van der Waals surface area contributed by atoms with Crippen LogP contribution in [0.25, 0.3) is 11.4 Å². The number of H-pyrrole nitrogens is 1. The number of aromatic nitrogens is 3. The van der Waals surface area contributed by atoms with Crippen LogP contribution in [0.4, 0.5) is 10.1 Å². The van der Waals surface area contributed by atoms with Gasteiger partial charge in [0.2, 0.25) is 11.1 Å². The number of nitrogens with zero attached hydrogens (tertiary/aromatic N) is 3. The molecule has 0 bridgehead atoms. The van der Waals surface area contributed by atoms with E-state index in [-0.39, 0.29) is 17.5 Å². The highest BCUT2D eigenvalue weighted by Gasteiger charge is 2.24. The largest absolute Gasteiger partial charge is 0.311 e. The number of carbonyl (C=O) groups is 1. The number of carbonyl (C=O) groups excluding carboxylic acids is 1. The number of benzene rings is 2. The maximum atomic E-state index is 13.9. The minimum absolute atomic E-state index is 0.0180. The van der Waals surface area contributed by atoms with E-state index in [2.05, 4.69) is 28.2 Å². The monoisotopic (exact) mass is 414 g/mol. The molecule has 0 saturated heterocycles. The van der Waals surface area contributed by atoms with Crippen LogP contribution in [0.2, 0.25) is 0 Å². The smallest absolute Gasteiger partial charge is 0.237 e. The molecule has 8 heteroatoms. The van der Waals surface area contributed by atoms with Crippen LogP contribution in [0, 0.1) is 5.82 Å². The van der Waals surface area contributed by atoms with Crippen molar-refractivity contribution in [1.82, 2.24) is 15.2 Å². The van der Waals surface area contributed by atoms with Gasteiger partial charge >= 0.3 is 0 Å². The second kappa shape index (κ2) is 8.36. The summed E-state index contributed by atoms with van der Waals surface area (Å²) in [6.07, 6.45) is 0.938. The molecule has 1 amide bonds. The number of hydrogen-bond acceptors (Lipinski definition) is 5. The summed E-state index contributed by atoms with van der Waals surface area (Å²) >= 11 is 3.06. The zero-order valence-corrected chi connectivity index (χ0v) is 16.9. The molecular formula is C20H19FN4OS2. The van der Waals surface area contributed by atoms with Gasteiger partial charge < -0.3 is 4.90 Å². The van der Waals surface area contributed by atoms with Crippen LogP contribution >= 0.6 is 23.5 Å². The van der Waals surface area contributed by atoms with Crippen molar-refractivity contribution in [1.29, 1.82) is 0 Å². The summed E-state index contributed by atoms with van der Waals surface area (Å²) < 4.78 is 13.9. The summed E-state index contributed by atoms with van der Waals surface area (Å²) in [5.41, 5.74) is 1.32. The second-order valence-corrected chi connectivity index (χ2v) is 8.89. The molecule has 0 aliphatic carbocycles. The van der Waals surface area contributed by atoms with Gasteiger partial charge in [-0.1, -0.05) is 43.0 Å². The van der Waals surface area contributed by atoms with Crippen molar-refractivity contribution < 1.29 is 9.18 Å². The number of hydrogen-bond donors (Lipinski definition) is 1. The lowest BCUT2D eigenvalue weighted by Crippen LogP contribution is -2.33. The molecule has 5 nitrogen and oxygen atoms in total. The molecule has 1 aliphatic rings. The van der Waals surface area contributed by atoms with E-state index in [0.29, 0.717) is 28.3 Å². The molecule has 0 spiro atoms. The third-order valence-electron chi connectivity index (χ3n) is 4.46. The molecule has 0 radical (unpaired) electrons. The minimum atomic E-state index is -0.362. The number of aromatic amines is 1. The Morgan fingerprint density at radius 3 is 2.93 bits per heavy atom. The van der Waals surface area contributed by atoms with E-state index in [9.17, 15) is 9.18 Å². The molecule has 4 rings (SSSR count). The van der Waals surface area contributed by atoms with E-state index in [1.54, 1.807) is 30.0 Å². The van der Waals surface area contributed by atoms with E-state index in [1.165, 1.54) is 17.8 Å². The average Bonchev–Trinajstić information content (AvgIpc) is 3.09. The van der Waals surface area contributed by atoms with Gasteiger partial charge in [0.15, 0.2) is 5.82 Å². The van der Waals surface area contributed by atoms with E-state index < -0.39 is 0 Å². The van der Waals surface area contributed by atoms with E-state index in [4.69, 9.17) is 0 Å². The number of rotatable bonds is 4. The molecule has 1 aliphatic heterocycles. The molecule has 1 atom stereocenters. The summed E-state index contributed by atoms with van der Waals surface area (Å²) in [6, 6.07) is 14.4. The van der Waals surface area contributed by atoms with E-state index >= 15 is 0 Å². The fourth-order valence-corrected chi connectivity index (χ4v) is 4.82. The molecule has 28 heavy (non-hydrogen) atoms. The molecule has 144 valence electrons. The van der Waals surface area contributed by atoms with Gasteiger partial charge in [-0.15, -0.1) is 16.9 Å². The Hall–Kier alpha value is -2.32. The quantitative estimate of drug-likeness (QED) is 0.631. The third-order valence-corrected chi connectivity index (χ3v) is 6.53. The van der Waals surface area contributed by atoms with Gasteiger partial charge in [-0.2, -0.15) is 0 Å². The van der Waals surface area contributed by atoms with Crippen LogP contribution in [0.15, 0.2) is 58.6 Å². The van der Waals surface area contributed by atoms with Crippen LogP contribution in [0.5, 0.6) is 0 Å². The molecular weight excluding hydrogens is 395 g/mol. The molecule has 1 N–H and O–H groups in total. The summed E-state index contributed by atoms with van der Waals surface area (Å²) in [4.78, 5) is 20.2. The van der Waals surface area contributed by atoms with Crippen molar-refractivity contribution in [3.05, 3.63) is 54.3 Å². The number of fused-ring (bicyclic) bond motifs is 1. The molecule has 0 fully saturated rings. The van der Waals surface area contributed by atoms with Gasteiger partial charge in [0, 0.05) is 16.7 Å². The standard InChI is InChI=1S/C20H19FN4OS2/c1-13-10-11-25(16-8-4-5-9-17(16)28-13)18(26)12-27-20-22-19(23-24-20)14-6-2-3-7-15(14)21/h2-9,13H,10-12H2,1H3,(H,22,23,24)/t13-/m0/s1. The number of thioether (sulfide) groups is 2. The molecule has 2 heterocycles. The van der Waals surface area contributed by atoms with Gasteiger partial charge in [-0.05, 0) is 30.7 Å². The maximum absolute atomic E-state index is 13.9. The molecule has 0 unspecified atom stereocenters. The molecule has 0 saturated carbocycles. The summed E-state index contributed by atoms with van der Waals surface area (Å²) in [7, 11) is 0. The first-order valence-electron chi connectivity index (χ1n) is 8.98. The fraction of sp³-hybridized carbons (Fsp3) is 0.250. The van der Waals surface area contributed by atoms with Crippen LogP contribution < -0.4 is 4.90 Å². The number of anilines is 1. The van der Waals surface area contributed by atoms with Gasteiger partial charge in [-0.25, -0.2) is 9.37 Å². The van der Waals surface area contributed by atoms with Crippen molar-refractivity contribution in [2.75, 3.05) is 17.2 Å². The van der Waals surface area contributed by atoms with E-state index in [0.717, 1.165) is 17.0 Å². The first-order valence-corrected chi connectivity index (χ1v) is 10.8. The average molecular weight is 415 g/mol. The normalized spacial score (nSPS) is 16.5. The van der Waals surface area contributed by atoms with Crippen LogP contribution in [0.3, 0.4) is 0 Å². The Bertz CT molecular complexity index is 994. The number of amides is 1. The lowest BCUT2D eigenvalue weighted by Gasteiger charge is -2.22. The van der Waals surface area contributed by atoms with Gasteiger partial charge in [0.1, 0.15) is 5.82 Å². The van der Waals surface area contributed by atoms with Gasteiger partial charge in [0.05, 0.1) is 17.0 Å². The maximum Gasteiger partial charge on any atom is 0.237 e. The first kappa shape index (κ1) is 19.0. The summed E-state index contributed by atoms with van der Waals surface area (Å²) in [5, 5.41) is 7.75. The number of nitrogens with one attached hydrogen (secondary N) is 1. The SMILES string of the molecule is C[C@H]1CCN(C(=O)CSc2n[nH]c(-c3ccccc3F)n2)c2ccccc2S1. The topological polar surface area (TPSA) is 61.9 Å². The zero-order chi connectivity index (χ0) is 19.5. The Kier molecular flexibility index (Phi) is 5.68. The molecule has 2 aromatic carbocycles. The summed E-state index contributed by atoms with van der Waals surface area (Å²) in [6.45, 7) is 2.88.